The molecule has 1 aliphatic heterocycles. The molecule has 1 saturated carbocycles. The van der Waals surface area contributed by atoms with Gasteiger partial charge in [0.2, 0.25) is 5.91 Å². The first-order chi connectivity index (χ1) is 18.8. The topological polar surface area (TPSA) is 58.6 Å². The van der Waals surface area contributed by atoms with E-state index in [1.54, 1.807) is 13.8 Å². The Morgan fingerprint density at radius 2 is 1.44 bits per heavy atom. The van der Waals surface area contributed by atoms with Gasteiger partial charge in [-0.3, -0.25) is 9.69 Å². The van der Waals surface area contributed by atoms with Crippen LogP contribution >= 0.6 is 0 Å². The summed E-state index contributed by atoms with van der Waals surface area (Å²) in [5, 5.41) is 2.48. The molecule has 1 heterocycles. The molecule has 0 spiro atoms. The Hall–Kier alpha value is -3.45. The van der Waals surface area contributed by atoms with Gasteiger partial charge in [0, 0.05) is 6.04 Å². The Morgan fingerprint density at radius 1 is 0.878 bits per heavy atom. The molecule has 0 bridgehead atoms. The van der Waals surface area contributed by atoms with Gasteiger partial charge in [0.1, 0.15) is 0 Å². The van der Waals surface area contributed by atoms with Gasteiger partial charge in [-0.2, -0.15) is 39.5 Å². The van der Waals surface area contributed by atoms with Crippen LogP contribution in [0.2, 0.25) is 0 Å². The molecule has 2 atom stereocenters. The number of carbonyl (C=O) groups is 2. The molecule has 1 fully saturated rings. The minimum atomic E-state index is -5.12. The number of anilines is 1. The number of hydrogen-bond acceptors (Lipinski definition) is 3. The predicted molar refractivity (Wildman–Crippen MR) is 128 cm³/mol. The molecule has 0 radical (unpaired) electrons. The summed E-state index contributed by atoms with van der Waals surface area (Å²) in [6.07, 6.45) is -15.8. The first kappa shape index (κ1) is 30.5. The van der Waals surface area contributed by atoms with E-state index in [1.165, 1.54) is 4.90 Å². The maximum Gasteiger partial charge on any atom is 0.416 e. The smallest absolute Gasteiger partial charge is 0.416 e. The second kappa shape index (κ2) is 10.8. The Kier molecular flexibility index (Phi) is 8.00. The van der Waals surface area contributed by atoms with Gasteiger partial charge in [0.15, 0.2) is 0 Å². The van der Waals surface area contributed by atoms with Gasteiger partial charge in [0.05, 0.1) is 40.9 Å². The highest BCUT2D eigenvalue weighted by molar-refractivity contribution is 5.91. The number of nitrogens with one attached hydrogen (secondary N) is 1. The third-order valence-electron chi connectivity index (χ3n) is 6.85. The lowest BCUT2D eigenvalue weighted by atomic mass is 9.87. The fourth-order valence-electron chi connectivity index (χ4n) is 4.95. The van der Waals surface area contributed by atoms with Crippen molar-refractivity contribution in [1.29, 1.82) is 0 Å². The fourth-order valence-corrected chi connectivity index (χ4v) is 4.95. The average molecular weight is 596 g/mol. The Labute approximate surface area is 228 Å². The highest BCUT2D eigenvalue weighted by Gasteiger charge is 2.46. The number of ether oxygens (including phenoxy) is 1. The summed E-state index contributed by atoms with van der Waals surface area (Å²) >= 11 is 0. The summed E-state index contributed by atoms with van der Waals surface area (Å²) in [7, 11) is 0. The molecule has 1 aliphatic carbocycles. The third kappa shape index (κ3) is 7.07. The first-order valence-electron chi connectivity index (χ1n) is 12.6. The molecular formula is C27H25F9N2O3. The van der Waals surface area contributed by atoms with Crippen LogP contribution in [0.1, 0.15) is 67.0 Å². The number of fused-ring (bicyclic) bond motifs is 1. The van der Waals surface area contributed by atoms with Gasteiger partial charge in [-0.25, -0.2) is 4.79 Å². The van der Waals surface area contributed by atoms with Crippen LogP contribution in [-0.2, 0) is 34.5 Å². The number of amides is 2. The average Bonchev–Trinajstić information content (AvgIpc) is 3.66. The number of nitrogens with zero attached hydrogens (tertiary/aromatic N) is 1. The van der Waals surface area contributed by atoms with Crippen molar-refractivity contribution >= 4 is 17.7 Å². The van der Waals surface area contributed by atoms with Crippen LogP contribution in [0.3, 0.4) is 0 Å². The molecule has 4 rings (SSSR count). The van der Waals surface area contributed by atoms with Crippen LogP contribution in [0.4, 0.5) is 50.0 Å². The summed E-state index contributed by atoms with van der Waals surface area (Å²) in [5.41, 5.74) is -4.85. The van der Waals surface area contributed by atoms with E-state index < -0.39 is 77.4 Å². The molecule has 224 valence electrons. The monoisotopic (exact) mass is 596 g/mol. The quantitative estimate of drug-likeness (QED) is 0.361. The van der Waals surface area contributed by atoms with Crippen molar-refractivity contribution < 1.29 is 53.8 Å². The molecular weight excluding hydrogens is 571 g/mol. The van der Waals surface area contributed by atoms with Crippen molar-refractivity contribution in [1.82, 2.24) is 5.32 Å². The molecule has 41 heavy (non-hydrogen) atoms. The number of alkyl halides is 9. The van der Waals surface area contributed by atoms with Gasteiger partial charge >= 0.3 is 24.6 Å². The van der Waals surface area contributed by atoms with Gasteiger partial charge < -0.3 is 10.1 Å². The first-order valence-corrected chi connectivity index (χ1v) is 12.6. The normalized spacial score (nSPS) is 19.7. The molecule has 0 aromatic heterocycles. The second-order valence-electron chi connectivity index (χ2n) is 10.4. The van der Waals surface area contributed by atoms with Crippen molar-refractivity contribution in [3.63, 3.8) is 0 Å². The summed E-state index contributed by atoms with van der Waals surface area (Å²) in [6, 6.07) is 1.74. The van der Waals surface area contributed by atoms with Crippen LogP contribution in [0.5, 0.6) is 0 Å². The van der Waals surface area contributed by atoms with E-state index in [2.05, 4.69) is 5.32 Å². The highest BCUT2D eigenvalue weighted by Crippen LogP contribution is 2.48. The van der Waals surface area contributed by atoms with Crippen LogP contribution in [0.15, 0.2) is 36.4 Å². The zero-order chi connectivity index (χ0) is 30.5. The van der Waals surface area contributed by atoms with Crippen LogP contribution in [-0.4, -0.2) is 24.1 Å². The van der Waals surface area contributed by atoms with Crippen LogP contribution in [0.25, 0.3) is 0 Å². The number of rotatable bonds is 5. The van der Waals surface area contributed by atoms with E-state index in [0.29, 0.717) is 25.0 Å². The molecule has 0 saturated heterocycles. The summed E-state index contributed by atoms with van der Waals surface area (Å²) in [6.45, 7) is 3.20. The van der Waals surface area contributed by atoms with Crippen LogP contribution in [0, 0.1) is 5.92 Å². The Balaban J connectivity index is 1.69. The van der Waals surface area contributed by atoms with Gasteiger partial charge in [0.25, 0.3) is 0 Å². The molecule has 2 aromatic carbocycles. The Bertz CT molecular complexity index is 1280. The summed E-state index contributed by atoms with van der Waals surface area (Å²) in [5.74, 6) is -1.04. The molecule has 2 aliphatic rings. The summed E-state index contributed by atoms with van der Waals surface area (Å²) in [4.78, 5) is 27.2. The van der Waals surface area contributed by atoms with E-state index in [0.717, 1.165) is 18.2 Å². The van der Waals surface area contributed by atoms with Crippen molar-refractivity contribution in [3.8, 4) is 0 Å². The van der Waals surface area contributed by atoms with Crippen molar-refractivity contribution in [2.75, 3.05) is 4.90 Å². The zero-order valence-electron chi connectivity index (χ0n) is 21.7. The number of halogens is 9. The van der Waals surface area contributed by atoms with Gasteiger partial charge in [-0.15, -0.1) is 0 Å². The maximum atomic E-state index is 13.6. The van der Waals surface area contributed by atoms with Crippen molar-refractivity contribution in [2.24, 2.45) is 5.92 Å². The van der Waals surface area contributed by atoms with E-state index in [1.807, 2.05) is 0 Å². The minimum Gasteiger partial charge on any atom is -0.446 e. The molecule has 2 amide bonds. The molecule has 1 N–H and O–H groups in total. The standard InChI is InChI=1S/C27H25F9N2O3/c1-13(2)41-24(40)38-21-6-5-16(25(28,29)30)11-19(21)20(12-22(38)15-3-4-15)37-23(39)9-14-7-17(26(31,32)33)10-18(8-14)27(34,35)36/h5-8,10-11,13,15,20,22H,3-4,9,12H2,1-2H3,(H,37,39)/t20-,22-/m0/s1. The lowest BCUT2D eigenvalue weighted by Crippen LogP contribution is -2.49. The third-order valence-corrected chi connectivity index (χ3v) is 6.85. The zero-order valence-corrected chi connectivity index (χ0v) is 21.7. The van der Waals surface area contributed by atoms with E-state index in [4.69, 9.17) is 4.74 Å². The van der Waals surface area contributed by atoms with Crippen LogP contribution < -0.4 is 10.2 Å². The number of hydrogen-bond donors (Lipinski definition) is 1. The molecule has 5 nitrogen and oxygen atoms in total. The van der Waals surface area contributed by atoms with Gasteiger partial charge in [-0.1, -0.05) is 0 Å². The summed E-state index contributed by atoms with van der Waals surface area (Å²) < 4.78 is 126. The van der Waals surface area contributed by atoms with Crippen molar-refractivity contribution in [3.05, 3.63) is 64.2 Å². The number of carbonyl (C=O) groups excluding carboxylic acids is 2. The highest BCUT2D eigenvalue weighted by atomic mass is 19.4. The van der Waals surface area contributed by atoms with E-state index in [9.17, 15) is 49.1 Å². The fraction of sp³-hybridized carbons (Fsp3) is 0.481. The van der Waals surface area contributed by atoms with E-state index >= 15 is 0 Å². The largest absolute Gasteiger partial charge is 0.446 e. The molecule has 14 heteroatoms. The lowest BCUT2D eigenvalue weighted by Gasteiger charge is -2.41. The van der Waals surface area contributed by atoms with Gasteiger partial charge in [-0.05, 0) is 86.6 Å². The Morgan fingerprint density at radius 3 is 1.93 bits per heavy atom. The molecule has 2 aromatic rings. The second-order valence-corrected chi connectivity index (χ2v) is 10.4. The predicted octanol–water partition coefficient (Wildman–Crippen LogP) is 7.68. The molecule has 0 unspecified atom stereocenters. The SMILES string of the molecule is CC(C)OC(=O)N1c2ccc(C(F)(F)F)cc2[C@@H](NC(=O)Cc2cc(C(F)(F)F)cc(C(F)(F)F)c2)C[C@H]1C1CC1. The van der Waals surface area contributed by atoms with Crippen molar-refractivity contribution in [2.45, 2.75) is 76.2 Å². The maximum absolute atomic E-state index is 13.6. The minimum absolute atomic E-state index is 0.0334. The lowest BCUT2D eigenvalue weighted by molar-refractivity contribution is -0.143. The number of benzene rings is 2. The van der Waals surface area contributed by atoms with E-state index in [-0.39, 0.29) is 29.7 Å².